The maximum atomic E-state index is 13.0. The predicted molar refractivity (Wildman–Crippen MR) is 99.1 cm³/mol. The molecule has 3 saturated heterocycles. The van der Waals surface area contributed by atoms with E-state index in [1.165, 1.54) is 0 Å². The van der Waals surface area contributed by atoms with Crippen LogP contribution in [0.15, 0.2) is 48.7 Å². The number of aromatic nitrogens is 1. The fourth-order valence-electron chi connectivity index (χ4n) is 3.91. The van der Waals surface area contributed by atoms with Gasteiger partial charge in [-0.2, -0.15) is 0 Å². The topological polar surface area (TPSA) is 53.5 Å². The summed E-state index contributed by atoms with van der Waals surface area (Å²) in [5.41, 5.74) is 1.11. The third-order valence-corrected chi connectivity index (χ3v) is 5.49. The number of benzene rings is 1. The standard InChI is InChI=1S/C20H20ClN3O2/c21-16-7-5-15(6-8-16)19(25)24-12-14-4-9-17(24)13-23(11-14)20(26)18-3-1-2-10-22-18/h1-3,5-8,10,14,17H,4,9,11-13H2. The number of carbonyl (C=O) groups excluding carboxylic acids is 2. The number of piperidine rings is 1. The first-order chi connectivity index (χ1) is 12.6. The Balaban J connectivity index is 1.54. The van der Waals surface area contributed by atoms with Gasteiger partial charge in [0.2, 0.25) is 0 Å². The van der Waals surface area contributed by atoms with Crippen molar-refractivity contribution in [2.45, 2.75) is 18.9 Å². The lowest BCUT2D eigenvalue weighted by Gasteiger charge is -2.36. The minimum absolute atomic E-state index is 0.0171. The Morgan fingerprint density at radius 3 is 2.50 bits per heavy atom. The molecular formula is C20H20ClN3O2. The van der Waals surface area contributed by atoms with E-state index in [0.717, 1.165) is 12.8 Å². The summed E-state index contributed by atoms with van der Waals surface area (Å²) in [5.74, 6) is 0.268. The fourth-order valence-corrected chi connectivity index (χ4v) is 4.03. The second-order valence-electron chi connectivity index (χ2n) is 6.99. The van der Waals surface area contributed by atoms with E-state index >= 15 is 0 Å². The Bertz CT molecular complexity index is 810. The highest BCUT2D eigenvalue weighted by molar-refractivity contribution is 6.30. The lowest BCUT2D eigenvalue weighted by molar-refractivity contribution is 0.0574. The molecule has 5 nitrogen and oxygen atoms in total. The third kappa shape index (κ3) is 3.31. The molecule has 0 radical (unpaired) electrons. The zero-order valence-corrected chi connectivity index (χ0v) is 15.1. The van der Waals surface area contributed by atoms with Gasteiger partial charge in [-0.15, -0.1) is 0 Å². The highest BCUT2D eigenvalue weighted by Crippen LogP contribution is 2.30. The number of fused-ring (bicyclic) bond motifs is 4. The maximum absolute atomic E-state index is 13.0. The van der Waals surface area contributed by atoms with Gasteiger partial charge in [-0.25, -0.2) is 0 Å². The van der Waals surface area contributed by atoms with Crippen molar-refractivity contribution in [2.24, 2.45) is 5.92 Å². The number of halogens is 1. The Kier molecular flexibility index (Phi) is 4.64. The number of amides is 2. The zero-order valence-electron chi connectivity index (χ0n) is 14.3. The molecule has 6 heteroatoms. The van der Waals surface area contributed by atoms with Gasteiger partial charge in [-0.3, -0.25) is 14.6 Å². The van der Waals surface area contributed by atoms with Crippen molar-refractivity contribution in [2.75, 3.05) is 19.6 Å². The number of hydrogen-bond donors (Lipinski definition) is 0. The summed E-state index contributed by atoms with van der Waals surface area (Å²) in [6.45, 7) is 1.93. The smallest absolute Gasteiger partial charge is 0.272 e. The molecule has 3 aliphatic heterocycles. The van der Waals surface area contributed by atoms with Crippen LogP contribution in [0, 0.1) is 5.92 Å². The van der Waals surface area contributed by atoms with Crippen LogP contribution in [-0.2, 0) is 0 Å². The van der Waals surface area contributed by atoms with Gasteiger partial charge in [0.05, 0.1) is 0 Å². The van der Waals surface area contributed by atoms with Gasteiger partial charge in [-0.1, -0.05) is 17.7 Å². The van der Waals surface area contributed by atoms with Gasteiger partial charge in [0.1, 0.15) is 5.69 Å². The van der Waals surface area contributed by atoms with Crippen LogP contribution in [0.25, 0.3) is 0 Å². The van der Waals surface area contributed by atoms with Crippen LogP contribution >= 0.6 is 11.6 Å². The van der Waals surface area contributed by atoms with E-state index in [-0.39, 0.29) is 17.9 Å². The van der Waals surface area contributed by atoms with Crippen molar-refractivity contribution in [1.29, 1.82) is 0 Å². The molecule has 2 amide bonds. The molecule has 2 aromatic rings. The molecular weight excluding hydrogens is 350 g/mol. The molecule has 0 N–H and O–H groups in total. The summed E-state index contributed by atoms with van der Waals surface area (Å²) in [7, 11) is 0. The Morgan fingerprint density at radius 1 is 0.962 bits per heavy atom. The van der Waals surface area contributed by atoms with E-state index in [0.29, 0.717) is 41.8 Å². The van der Waals surface area contributed by atoms with E-state index < -0.39 is 0 Å². The number of pyridine rings is 1. The Hall–Kier alpha value is -2.40. The first kappa shape index (κ1) is 17.0. The molecule has 26 heavy (non-hydrogen) atoms. The molecule has 2 unspecified atom stereocenters. The summed E-state index contributed by atoms with van der Waals surface area (Å²) < 4.78 is 0. The molecule has 134 valence electrons. The van der Waals surface area contributed by atoms with Crippen LogP contribution in [0.1, 0.15) is 33.7 Å². The van der Waals surface area contributed by atoms with Gasteiger partial charge < -0.3 is 9.80 Å². The highest BCUT2D eigenvalue weighted by atomic mass is 35.5. The second-order valence-corrected chi connectivity index (χ2v) is 7.42. The van der Waals surface area contributed by atoms with E-state index in [9.17, 15) is 9.59 Å². The van der Waals surface area contributed by atoms with Crippen molar-refractivity contribution < 1.29 is 9.59 Å². The minimum Gasteiger partial charge on any atom is -0.335 e. The van der Waals surface area contributed by atoms with Gasteiger partial charge >= 0.3 is 0 Å². The van der Waals surface area contributed by atoms with Crippen molar-refractivity contribution in [3.63, 3.8) is 0 Å². The molecule has 0 saturated carbocycles. The summed E-state index contributed by atoms with van der Waals surface area (Å²) in [5, 5.41) is 0.617. The summed E-state index contributed by atoms with van der Waals surface area (Å²) in [4.78, 5) is 33.7. The number of hydrogen-bond acceptors (Lipinski definition) is 3. The molecule has 3 fully saturated rings. The molecule has 1 aromatic carbocycles. The van der Waals surface area contributed by atoms with Gasteiger partial charge in [-0.05, 0) is 55.2 Å². The first-order valence-corrected chi connectivity index (χ1v) is 9.26. The Labute approximate surface area is 157 Å². The van der Waals surface area contributed by atoms with Gasteiger partial charge in [0, 0.05) is 42.5 Å². The fraction of sp³-hybridized carbons (Fsp3) is 0.350. The second kappa shape index (κ2) is 7.08. The molecule has 2 atom stereocenters. The number of rotatable bonds is 2. The lowest BCUT2D eigenvalue weighted by atomic mass is 9.94. The third-order valence-electron chi connectivity index (χ3n) is 5.24. The quantitative estimate of drug-likeness (QED) is 0.817. The SMILES string of the molecule is O=C(c1ccccn1)N1CC2CCC(C1)N(C(=O)c1ccc(Cl)cc1)C2. The summed E-state index contributed by atoms with van der Waals surface area (Å²) in [6.07, 6.45) is 3.60. The molecule has 2 bridgehead atoms. The molecule has 0 aliphatic carbocycles. The van der Waals surface area contributed by atoms with E-state index in [2.05, 4.69) is 4.98 Å². The van der Waals surface area contributed by atoms with Crippen LogP contribution < -0.4 is 0 Å². The monoisotopic (exact) mass is 369 g/mol. The normalized spacial score (nSPS) is 22.2. The molecule has 0 spiro atoms. The largest absolute Gasteiger partial charge is 0.335 e. The van der Waals surface area contributed by atoms with Crippen molar-refractivity contribution in [3.8, 4) is 0 Å². The zero-order chi connectivity index (χ0) is 18.1. The highest BCUT2D eigenvalue weighted by Gasteiger charge is 2.39. The molecule has 4 heterocycles. The van der Waals surface area contributed by atoms with Crippen LogP contribution in [0.3, 0.4) is 0 Å². The Morgan fingerprint density at radius 2 is 1.77 bits per heavy atom. The van der Waals surface area contributed by atoms with Gasteiger partial charge in [0.15, 0.2) is 0 Å². The number of carbonyl (C=O) groups is 2. The summed E-state index contributed by atoms with van der Waals surface area (Å²) in [6, 6.07) is 12.4. The minimum atomic E-state index is -0.0525. The van der Waals surface area contributed by atoms with Crippen LogP contribution in [0.2, 0.25) is 5.02 Å². The first-order valence-electron chi connectivity index (χ1n) is 8.88. The van der Waals surface area contributed by atoms with E-state index in [4.69, 9.17) is 11.6 Å². The van der Waals surface area contributed by atoms with Crippen LogP contribution in [0.5, 0.6) is 0 Å². The average Bonchev–Trinajstić information content (AvgIpc) is 3.00. The van der Waals surface area contributed by atoms with Crippen molar-refractivity contribution >= 4 is 23.4 Å². The predicted octanol–water partition coefficient (Wildman–Crippen LogP) is 3.11. The number of nitrogens with zero attached hydrogens (tertiary/aromatic N) is 3. The molecule has 1 aromatic heterocycles. The molecule has 3 aliphatic rings. The van der Waals surface area contributed by atoms with Crippen LogP contribution in [0.4, 0.5) is 0 Å². The van der Waals surface area contributed by atoms with Crippen LogP contribution in [-0.4, -0.2) is 52.3 Å². The molecule has 5 rings (SSSR count). The maximum Gasteiger partial charge on any atom is 0.272 e. The van der Waals surface area contributed by atoms with E-state index in [1.807, 2.05) is 15.9 Å². The van der Waals surface area contributed by atoms with E-state index in [1.54, 1.807) is 42.6 Å². The average molecular weight is 370 g/mol. The summed E-state index contributed by atoms with van der Waals surface area (Å²) >= 11 is 5.93. The lowest BCUT2D eigenvalue weighted by Crippen LogP contribution is -2.47. The van der Waals surface area contributed by atoms with Crippen molar-refractivity contribution in [1.82, 2.24) is 14.8 Å². The van der Waals surface area contributed by atoms with Crippen molar-refractivity contribution in [3.05, 3.63) is 64.9 Å². The van der Waals surface area contributed by atoms with Gasteiger partial charge in [0.25, 0.3) is 11.8 Å².